The monoisotopic (exact) mass is 268 g/mol. The van der Waals surface area contributed by atoms with Crippen LogP contribution in [-0.2, 0) is 0 Å². The molecule has 0 saturated heterocycles. The van der Waals surface area contributed by atoms with Crippen molar-refractivity contribution in [3.63, 3.8) is 0 Å². The number of methoxy groups -OCH3 is 1. The van der Waals surface area contributed by atoms with E-state index in [1.54, 1.807) is 31.6 Å². The number of benzene rings is 1. The van der Waals surface area contributed by atoms with Crippen molar-refractivity contribution in [3.8, 4) is 17.2 Å². The molecule has 6 nitrogen and oxygen atoms in total. The third kappa shape index (κ3) is 2.44. The van der Waals surface area contributed by atoms with Crippen LogP contribution in [0.1, 0.15) is 0 Å². The van der Waals surface area contributed by atoms with Crippen molar-refractivity contribution < 1.29 is 9.15 Å². The molecule has 0 spiro atoms. The van der Waals surface area contributed by atoms with E-state index in [-0.39, 0.29) is 0 Å². The third-order valence-electron chi connectivity index (χ3n) is 2.70. The van der Waals surface area contributed by atoms with Gasteiger partial charge in [-0.3, -0.25) is 4.98 Å². The fourth-order valence-corrected chi connectivity index (χ4v) is 1.75. The molecule has 0 atom stereocenters. The highest BCUT2D eigenvalue weighted by atomic mass is 16.5. The van der Waals surface area contributed by atoms with E-state index in [0.29, 0.717) is 17.7 Å². The summed E-state index contributed by atoms with van der Waals surface area (Å²) in [6.07, 6.45) is 3.35. The van der Waals surface area contributed by atoms with Gasteiger partial charge in [0, 0.05) is 18.0 Å². The molecule has 0 fully saturated rings. The fourth-order valence-electron chi connectivity index (χ4n) is 1.75. The van der Waals surface area contributed by atoms with Crippen molar-refractivity contribution in [1.29, 1.82) is 0 Å². The Bertz CT molecular complexity index is 697. The molecule has 3 aromatic rings. The SMILES string of the molecule is COc1ccccc1Nc1nnc(-c2ccncc2)o1. The molecule has 0 bridgehead atoms. The Morgan fingerprint density at radius 3 is 2.65 bits per heavy atom. The van der Waals surface area contributed by atoms with Gasteiger partial charge in [-0.15, -0.1) is 5.10 Å². The van der Waals surface area contributed by atoms with Crippen LogP contribution in [0.4, 0.5) is 11.7 Å². The number of aromatic nitrogens is 3. The maximum Gasteiger partial charge on any atom is 0.320 e. The molecule has 20 heavy (non-hydrogen) atoms. The van der Waals surface area contributed by atoms with Crippen LogP contribution in [0.25, 0.3) is 11.5 Å². The van der Waals surface area contributed by atoms with Gasteiger partial charge in [-0.1, -0.05) is 17.2 Å². The van der Waals surface area contributed by atoms with Gasteiger partial charge in [0.25, 0.3) is 0 Å². The summed E-state index contributed by atoms with van der Waals surface area (Å²) in [5.41, 5.74) is 1.58. The predicted octanol–water partition coefficient (Wildman–Crippen LogP) is 2.88. The molecule has 2 heterocycles. The van der Waals surface area contributed by atoms with Gasteiger partial charge in [0.15, 0.2) is 0 Å². The first-order valence-electron chi connectivity index (χ1n) is 6.01. The number of rotatable bonds is 4. The largest absolute Gasteiger partial charge is 0.495 e. The van der Waals surface area contributed by atoms with Crippen molar-refractivity contribution in [2.24, 2.45) is 0 Å². The van der Waals surface area contributed by atoms with Crippen LogP contribution in [0.3, 0.4) is 0 Å². The molecule has 2 aromatic heterocycles. The molecule has 0 unspecified atom stereocenters. The highest BCUT2D eigenvalue weighted by Crippen LogP contribution is 2.27. The smallest absolute Gasteiger partial charge is 0.320 e. The number of nitrogens with one attached hydrogen (secondary N) is 1. The topological polar surface area (TPSA) is 73.1 Å². The van der Waals surface area contributed by atoms with Crippen LogP contribution < -0.4 is 10.1 Å². The van der Waals surface area contributed by atoms with Gasteiger partial charge in [0.2, 0.25) is 5.89 Å². The molecular weight excluding hydrogens is 256 g/mol. The quantitative estimate of drug-likeness (QED) is 0.784. The molecule has 0 aliphatic heterocycles. The van der Waals surface area contributed by atoms with Crippen molar-refractivity contribution in [2.75, 3.05) is 12.4 Å². The zero-order valence-corrected chi connectivity index (χ0v) is 10.8. The van der Waals surface area contributed by atoms with Gasteiger partial charge in [-0.25, -0.2) is 0 Å². The van der Waals surface area contributed by atoms with Crippen molar-refractivity contribution in [1.82, 2.24) is 15.2 Å². The Hall–Kier alpha value is -2.89. The fraction of sp³-hybridized carbons (Fsp3) is 0.0714. The van der Waals surface area contributed by atoms with Crippen LogP contribution in [0.2, 0.25) is 0 Å². The Kier molecular flexibility index (Phi) is 3.28. The number of pyridine rings is 1. The zero-order chi connectivity index (χ0) is 13.8. The summed E-state index contributed by atoms with van der Waals surface area (Å²) in [4.78, 5) is 3.95. The van der Waals surface area contributed by atoms with Crippen LogP contribution in [0.5, 0.6) is 5.75 Å². The van der Waals surface area contributed by atoms with E-state index in [2.05, 4.69) is 20.5 Å². The summed E-state index contributed by atoms with van der Waals surface area (Å²) < 4.78 is 10.8. The number of hydrogen-bond acceptors (Lipinski definition) is 6. The number of para-hydroxylation sites is 2. The second-order valence-corrected chi connectivity index (χ2v) is 3.97. The van der Waals surface area contributed by atoms with Crippen LogP contribution >= 0.6 is 0 Å². The van der Waals surface area contributed by atoms with Crippen molar-refractivity contribution in [3.05, 3.63) is 48.8 Å². The minimum atomic E-state index is 0.307. The molecule has 0 aliphatic carbocycles. The average Bonchev–Trinajstić information content (AvgIpc) is 2.97. The predicted molar refractivity (Wildman–Crippen MR) is 73.8 cm³/mol. The van der Waals surface area contributed by atoms with Gasteiger partial charge in [-0.05, 0) is 24.3 Å². The van der Waals surface area contributed by atoms with E-state index < -0.39 is 0 Å². The van der Waals surface area contributed by atoms with E-state index in [4.69, 9.17) is 9.15 Å². The van der Waals surface area contributed by atoms with Gasteiger partial charge < -0.3 is 14.5 Å². The van der Waals surface area contributed by atoms with Crippen LogP contribution in [-0.4, -0.2) is 22.3 Å². The lowest BCUT2D eigenvalue weighted by molar-refractivity contribution is 0.416. The highest BCUT2D eigenvalue weighted by molar-refractivity contribution is 5.62. The summed E-state index contributed by atoms with van der Waals surface area (Å²) in [5.74, 6) is 1.14. The normalized spacial score (nSPS) is 10.2. The summed E-state index contributed by atoms with van der Waals surface area (Å²) in [7, 11) is 1.61. The lowest BCUT2D eigenvalue weighted by Crippen LogP contribution is -1.94. The Morgan fingerprint density at radius 1 is 1.05 bits per heavy atom. The Morgan fingerprint density at radius 2 is 1.85 bits per heavy atom. The second kappa shape index (κ2) is 5.40. The average molecular weight is 268 g/mol. The third-order valence-corrected chi connectivity index (χ3v) is 2.70. The minimum Gasteiger partial charge on any atom is -0.495 e. The summed E-state index contributed by atoms with van der Waals surface area (Å²) in [5, 5.41) is 11.0. The molecule has 0 radical (unpaired) electrons. The van der Waals surface area contributed by atoms with E-state index in [1.165, 1.54) is 0 Å². The molecule has 0 saturated carbocycles. The zero-order valence-electron chi connectivity index (χ0n) is 10.8. The van der Waals surface area contributed by atoms with E-state index in [1.807, 2.05) is 24.3 Å². The molecule has 0 amide bonds. The number of anilines is 2. The first-order valence-corrected chi connectivity index (χ1v) is 6.01. The van der Waals surface area contributed by atoms with Gasteiger partial charge >= 0.3 is 6.01 Å². The molecule has 6 heteroatoms. The lowest BCUT2D eigenvalue weighted by Gasteiger charge is -2.06. The maximum absolute atomic E-state index is 5.56. The minimum absolute atomic E-state index is 0.307. The number of nitrogens with zero attached hydrogens (tertiary/aromatic N) is 3. The highest BCUT2D eigenvalue weighted by Gasteiger charge is 2.10. The van der Waals surface area contributed by atoms with E-state index >= 15 is 0 Å². The molecule has 1 aromatic carbocycles. The first kappa shape index (κ1) is 12.2. The molecule has 0 aliphatic rings. The number of ether oxygens (including phenoxy) is 1. The second-order valence-electron chi connectivity index (χ2n) is 3.97. The first-order chi connectivity index (χ1) is 9.86. The van der Waals surface area contributed by atoms with Crippen molar-refractivity contribution in [2.45, 2.75) is 0 Å². The number of hydrogen-bond donors (Lipinski definition) is 1. The van der Waals surface area contributed by atoms with Gasteiger partial charge in [0.1, 0.15) is 5.75 Å². The lowest BCUT2D eigenvalue weighted by atomic mass is 10.3. The molecule has 3 rings (SSSR count). The van der Waals surface area contributed by atoms with E-state index in [9.17, 15) is 0 Å². The summed E-state index contributed by atoms with van der Waals surface area (Å²) in [6.45, 7) is 0. The van der Waals surface area contributed by atoms with Gasteiger partial charge in [0.05, 0.1) is 12.8 Å². The summed E-state index contributed by atoms with van der Waals surface area (Å²) >= 11 is 0. The molecule has 100 valence electrons. The Labute approximate surface area is 115 Å². The van der Waals surface area contributed by atoms with Crippen molar-refractivity contribution >= 4 is 11.7 Å². The Balaban J connectivity index is 1.84. The van der Waals surface area contributed by atoms with Crippen LogP contribution in [0.15, 0.2) is 53.2 Å². The standard InChI is InChI=1S/C14H12N4O2/c1-19-12-5-3-2-4-11(12)16-14-18-17-13(20-14)10-6-8-15-9-7-10/h2-9H,1H3,(H,16,18). The summed E-state index contributed by atoms with van der Waals surface area (Å²) in [6, 6.07) is 11.4. The van der Waals surface area contributed by atoms with Gasteiger partial charge in [-0.2, -0.15) is 0 Å². The van der Waals surface area contributed by atoms with Crippen LogP contribution in [0, 0.1) is 0 Å². The molecule has 1 N–H and O–H groups in total. The molecular formula is C14H12N4O2. The van der Waals surface area contributed by atoms with E-state index in [0.717, 1.165) is 11.3 Å². The maximum atomic E-state index is 5.56.